The molecule has 0 aromatic rings. The lowest BCUT2D eigenvalue weighted by atomic mass is 10.2. The van der Waals surface area contributed by atoms with E-state index in [9.17, 15) is 0 Å². The lowest BCUT2D eigenvalue weighted by Crippen LogP contribution is -2.38. The van der Waals surface area contributed by atoms with Crippen LogP contribution in [-0.4, -0.2) is 62.8 Å². The first-order valence-electron chi connectivity index (χ1n) is 5.16. The highest BCUT2D eigenvalue weighted by atomic mass is 16.5. The minimum atomic E-state index is 0.683. The van der Waals surface area contributed by atoms with Gasteiger partial charge in [0.2, 0.25) is 0 Å². The van der Waals surface area contributed by atoms with Crippen molar-refractivity contribution in [1.29, 1.82) is 0 Å². The van der Waals surface area contributed by atoms with Crippen molar-refractivity contribution in [1.82, 2.24) is 9.80 Å². The molecule has 1 unspecified atom stereocenters. The monoisotopic (exact) mass is 186 g/mol. The van der Waals surface area contributed by atoms with Crippen molar-refractivity contribution >= 4 is 0 Å². The Bertz CT molecular complexity index is 139. The van der Waals surface area contributed by atoms with Gasteiger partial charge in [-0.25, -0.2) is 0 Å². The van der Waals surface area contributed by atoms with Crippen molar-refractivity contribution in [3.8, 4) is 0 Å². The smallest absolute Gasteiger partial charge is 0.0593 e. The maximum absolute atomic E-state index is 5.45. The van der Waals surface area contributed by atoms with E-state index in [1.54, 1.807) is 0 Å². The van der Waals surface area contributed by atoms with E-state index in [0.717, 1.165) is 32.8 Å². The van der Waals surface area contributed by atoms with Gasteiger partial charge in [0.25, 0.3) is 0 Å². The third kappa shape index (κ3) is 4.07. The number of ether oxygens (including phenoxy) is 1. The SMILES string of the molecule is CC1CCOCCN1CCN(C)C. The molecule has 0 bridgehead atoms. The van der Waals surface area contributed by atoms with Crippen LogP contribution in [0.1, 0.15) is 13.3 Å². The third-order valence-electron chi connectivity index (χ3n) is 2.66. The molecular formula is C10H22N2O. The summed E-state index contributed by atoms with van der Waals surface area (Å²) in [7, 11) is 4.25. The molecule has 0 N–H and O–H groups in total. The second kappa shape index (κ2) is 5.58. The van der Waals surface area contributed by atoms with E-state index in [2.05, 4.69) is 30.8 Å². The van der Waals surface area contributed by atoms with Crippen LogP contribution in [0.3, 0.4) is 0 Å². The van der Waals surface area contributed by atoms with Crippen LogP contribution < -0.4 is 0 Å². The maximum Gasteiger partial charge on any atom is 0.0593 e. The molecular weight excluding hydrogens is 164 g/mol. The zero-order chi connectivity index (χ0) is 9.68. The minimum absolute atomic E-state index is 0.683. The van der Waals surface area contributed by atoms with Gasteiger partial charge >= 0.3 is 0 Å². The molecule has 0 aliphatic carbocycles. The Morgan fingerprint density at radius 3 is 2.85 bits per heavy atom. The summed E-state index contributed by atoms with van der Waals surface area (Å²) in [4.78, 5) is 4.76. The summed E-state index contributed by atoms with van der Waals surface area (Å²) >= 11 is 0. The first-order chi connectivity index (χ1) is 6.20. The van der Waals surface area contributed by atoms with Crippen LogP contribution >= 0.6 is 0 Å². The first-order valence-corrected chi connectivity index (χ1v) is 5.16. The van der Waals surface area contributed by atoms with Gasteiger partial charge in [-0.2, -0.15) is 0 Å². The van der Waals surface area contributed by atoms with Gasteiger partial charge in [0, 0.05) is 32.3 Å². The van der Waals surface area contributed by atoms with E-state index >= 15 is 0 Å². The highest BCUT2D eigenvalue weighted by Gasteiger charge is 2.16. The highest BCUT2D eigenvalue weighted by molar-refractivity contribution is 4.70. The van der Waals surface area contributed by atoms with Gasteiger partial charge < -0.3 is 9.64 Å². The molecule has 1 saturated heterocycles. The van der Waals surface area contributed by atoms with Crippen molar-refractivity contribution in [2.75, 3.05) is 46.9 Å². The average Bonchev–Trinajstić information content (AvgIpc) is 2.27. The van der Waals surface area contributed by atoms with Gasteiger partial charge in [0.1, 0.15) is 0 Å². The predicted molar refractivity (Wildman–Crippen MR) is 55.0 cm³/mol. The number of rotatable bonds is 3. The van der Waals surface area contributed by atoms with E-state index in [1.807, 2.05) is 0 Å². The van der Waals surface area contributed by atoms with Gasteiger partial charge in [0.15, 0.2) is 0 Å². The van der Waals surface area contributed by atoms with Gasteiger partial charge in [-0.05, 0) is 27.4 Å². The molecule has 3 heteroatoms. The summed E-state index contributed by atoms with van der Waals surface area (Å²) in [5.41, 5.74) is 0. The Balaban J connectivity index is 2.27. The molecule has 3 nitrogen and oxygen atoms in total. The summed E-state index contributed by atoms with van der Waals surface area (Å²) in [6.07, 6.45) is 1.17. The van der Waals surface area contributed by atoms with Crippen molar-refractivity contribution < 1.29 is 4.74 Å². The Morgan fingerprint density at radius 2 is 2.15 bits per heavy atom. The number of likely N-dealkylation sites (N-methyl/N-ethyl adjacent to an activating group) is 1. The Kier molecular flexibility index (Phi) is 4.70. The third-order valence-corrected chi connectivity index (χ3v) is 2.66. The van der Waals surface area contributed by atoms with Crippen LogP contribution in [0.2, 0.25) is 0 Å². The summed E-state index contributed by atoms with van der Waals surface area (Å²) in [6.45, 7) is 7.53. The normalized spacial score (nSPS) is 26.3. The van der Waals surface area contributed by atoms with Gasteiger partial charge in [-0.15, -0.1) is 0 Å². The van der Waals surface area contributed by atoms with Crippen molar-refractivity contribution in [2.24, 2.45) is 0 Å². The van der Waals surface area contributed by atoms with E-state index in [1.165, 1.54) is 6.42 Å². The van der Waals surface area contributed by atoms with Gasteiger partial charge in [-0.3, -0.25) is 4.90 Å². The summed E-state index contributed by atoms with van der Waals surface area (Å²) < 4.78 is 5.45. The van der Waals surface area contributed by atoms with Crippen LogP contribution in [0.15, 0.2) is 0 Å². The van der Waals surface area contributed by atoms with Crippen molar-refractivity contribution in [2.45, 2.75) is 19.4 Å². The molecule has 0 aromatic carbocycles. The van der Waals surface area contributed by atoms with Crippen LogP contribution in [0, 0.1) is 0 Å². The molecule has 1 fully saturated rings. The van der Waals surface area contributed by atoms with Gasteiger partial charge in [-0.1, -0.05) is 0 Å². The number of nitrogens with zero attached hydrogens (tertiary/aromatic N) is 2. The average molecular weight is 186 g/mol. The Hall–Kier alpha value is -0.120. The lowest BCUT2D eigenvalue weighted by Gasteiger charge is -2.27. The van der Waals surface area contributed by atoms with Crippen molar-refractivity contribution in [3.63, 3.8) is 0 Å². The van der Waals surface area contributed by atoms with Crippen LogP contribution in [-0.2, 0) is 4.74 Å². The quantitative estimate of drug-likeness (QED) is 0.644. The lowest BCUT2D eigenvalue weighted by molar-refractivity contribution is 0.138. The zero-order valence-electron chi connectivity index (χ0n) is 9.12. The molecule has 0 aromatic heterocycles. The number of hydrogen-bond donors (Lipinski definition) is 0. The molecule has 0 spiro atoms. The largest absolute Gasteiger partial charge is 0.380 e. The summed E-state index contributed by atoms with van der Waals surface area (Å²) in [5.74, 6) is 0. The van der Waals surface area contributed by atoms with E-state index in [0.29, 0.717) is 6.04 Å². The maximum atomic E-state index is 5.45. The fourth-order valence-electron chi connectivity index (χ4n) is 1.60. The Morgan fingerprint density at radius 1 is 1.38 bits per heavy atom. The van der Waals surface area contributed by atoms with Crippen LogP contribution in [0.25, 0.3) is 0 Å². The van der Waals surface area contributed by atoms with Gasteiger partial charge in [0.05, 0.1) is 6.61 Å². The summed E-state index contributed by atoms with van der Waals surface area (Å²) in [6, 6.07) is 0.683. The number of hydrogen-bond acceptors (Lipinski definition) is 3. The van der Waals surface area contributed by atoms with Crippen molar-refractivity contribution in [3.05, 3.63) is 0 Å². The molecule has 1 aliphatic rings. The van der Waals surface area contributed by atoms with E-state index in [-0.39, 0.29) is 0 Å². The van der Waals surface area contributed by atoms with E-state index < -0.39 is 0 Å². The molecule has 13 heavy (non-hydrogen) atoms. The van der Waals surface area contributed by atoms with E-state index in [4.69, 9.17) is 4.74 Å². The second-order valence-corrected chi connectivity index (χ2v) is 4.09. The molecule has 0 saturated carbocycles. The summed E-state index contributed by atoms with van der Waals surface area (Å²) in [5, 5.41) is 0. The van der Waals surface area contributed by atoms with Crippen LogP contribution in [0.4, 0.5) is 0 Å². The molecule has 1 heterocycles. The molecule has 1 atom stereocenters. The fourth-order valence-corrected chi connectivity index (χ4v) is 1.60. The molecule has 0 radical (unpaired) electrons. The van der Waals surface area contributed by atoms with Crippen LogP contribution in [0.5, 0.6) is 0 Å². The highest BCUT2D eigenvalue weighted by Crippen LogP contribution is 2.07. The molecule has 1 rings (SSSR count). The second-order valence-electron chi connectivity index (χ2n) is 4.09. The topological polar surface area (TPSA) is 15.7 Å². The minimum Gasteiger partial charge on any atom is -0.380 e. The molecule has 78 valence electrons. The zero-order valence-corrected chi connectivity index (χ0v) is 9.12. The standard InChI is InChI=1S/C10H22N2O/c1-10-4-8-13-9-7-12(10)6-5-11(2)3/h10H,4-9H2,1-3H3. The fraction of sp³-hybridized carbons (Fsp3) is 1.00. The predicted octanol–water partition coefficient (Wildman–Crippen LogP) is 0.659. The molecule has 1 aliphatic heterocycles. The molecule has 0 amide bonds. The Labute approximate surface area is 81.7 Å². The first kappa shape index (κ1) is 11.0.